The molecule has 0 aromatic heterocycles. The maximum Gasteiger partial charge on any atom is 0.314 e. The van der Waals surface area contributed by atoms with Crippen LogP contribution in [0.25, 0.3) is 0 Å². The minimum absolute atomic E-state index is 0.0148. The molecule has 0 heterocycles. The number of amides is 2. The minimum atomic E-state index is -0.891. The van der Waals surface area contributed by atoms with Crippen LogP contribution in [-0.2, 0) is 4.79 Å². The molecule has 0 saturated carbocycles. The molecule has 0 saturated heterocycles. The summed E-state index contributed by atoms with van der Waals surface area (Å²) in [6.07, 6.45) is -0.407. The average molecular weight is 345 g/mol. The number of halogens is 1. The van der Waals surface area contributed by atoms with E-state index < -0.39 is 18.1 Å². The van der Waals surface area contributed by atoms with Crippen molar-refractivity contribution in [1.29, 1.82) is 0 Å². The van der Waals surface area contributed by atoms with Gasteiger partial charge in [0.1, 0.15) is 0 Å². The number of aliphatic hydroxyl groups excluding tert-OH is 1. The first-order valence-electron chi connectivity index (χ1n) is 6.16. The number of carbonyl (C=O) groups excluding carboxylic acids is 1. The van der Waals surface area contributed by atoms with Gasteiger partial charge in [-0.15, -0.1) is 0 Å². The van der Waals surface area contributed by atoms with Crippen molar-refractivity contribution in [2.75, 3.05) is 13.1 Å². The maximum atomic E-state index is 11.4. The number of carboxylic acid groups (broad SMARTS) is 1. The number of hydrogen-bond donors (Lipinski definition) is 4. The fraction of sp³-hybridized carbons (Fsp3) is 0.385. The van der Waals surface area contributed by atoms with Gasteiger partial charge in [-0.25, -0.2) is 4.79 Å². The van der Waals surface area contributed by atoms with E-state index in [1.807, 2.05) is 6.07 Å². The van der Waals surface area contributed by atoms with E-state index in [1.165, 1.54) is 0 Å². The summed E-state index contributed by atoms with van der Waals surface area (Å²) in [5.74, 6) is -0.891. The van der Waals surface area contributed by atoms with Crippen LogP contribution >= 0.6 is 15.9 Å². The Morgan fingerprint density at radius 3 is 2.70 bits per heavy atom. The number of carboxylic acids is 1. The van der Waals surface area contributed by atoms with Crippen molar-refractivity contribution in [2.45, 2.75) is 18.9 Å². The predicted octanol–water partition coefficient (Wildman–Crippen LogP) is 1.65. The Balaban J connectivity index is 2.25. The molecule has 110 valence electrons. The third-order valence-electron chi connectivity index (χ3n) is 2.54. The lowest BCUT2D eigenvalue weighted by molar-refractivity contribution is -0.137. The molecule has 20 heavy (non-hydrogen) atoms. The molecule has 0 aliphatic rings. The van der Waals surface area contributed by atoms with Crippen LogP contribution in [0.15, 0.2) is 28.7 Å². The summed E-state index contributed by atoms with van der Waals surface area (Å²) in [5.41, 5.74) is 0.700. The fourth-order valence-electron chi connectivity index (χ4n) is 1.53. The highest BCUT2D eigenvalue weighted by atomic mass is 79.9. The van der Waals surface area contributed by atoms with Gasteiger partial charge >= 0.3 is 12.0 Å². The molecule has 1 aromatic rings. The van der Waals surface area contributed by atoms with Crippen molar-refractivity contribution in [1.82, 2.24) is 10.6 Å². The zero-order valence-corrected chi connectivity index (χ0v) is 12.4. The number of urea groups is 1. The first-order chi connectivity index (χ1) is 9.49. The van der Waals surface area contributed by atoms with Gasteiger partial charge in [0.05, 0.1) is 6.10 Å². The van der Waals surface area contributed by atoms with Crippen LogP contribution in [0.3, 0.4) is 0 Å². The van der Waals surface area contributed by atoms with Crippen LogP contribution in [0, 0.1) is 0 Å². The molecule has 1 aromatic carbocycles. The molecule has 0 aliphatic carbocycles. The smallest absolute Gasteiger partial charge is 0.314 e. The Morgan fingerprint density at radius 1 is 1.30 bits per heavy atom. The Hall–Kier alpha value is -1.60. The van der Waals surface area contributed by atoms with Crippen LogP contribution in [0.4, 0.5) is 4.79 Å². The first-order valence-corrected chi connectivity index (χ1v) is 6.95. The summed E-state index contributed by atoms with van der Waals surface area (Å²) in [4.78, 5) is 21.7. The van der Waals surface area contributed by atoms with E-state index >= 15 is 0 Å². The highest BCUT2D eigenvalue weighted by molar-refractivity contribution is 9.10. The Kier molecular flexibility index (Phi) is 7.03. The van der Waals surface area contributed by atoms with Crippen LogP contribution in [-0.4, -0.2) is 35.3 Å². The van der Waals surface area contributed by atoms with Crippen LogP contribution < -0.4 is 10.6 Å². The molecular formula is C13H17BrN2O4. The molecule has 0 aliphatic heterocycles. The molecular weight excluding hydrogens is 328 g/mol. The fourth-order valence-corrected chi connectivity index (χ4v) is 1.94. The summed E-state index contributed by atoms with van der Waals surface area (Å²) < 4.78 is 0.854. The molecule has 6 nitrogen and oxygen atoms in total. The number of rotatable bonds is 7. The zero-order chi connectivity index (χ0) is 15.0. The molecule has 7 heteroatoms. The first kappa shape index (κ1) is 16.5. The Labute approximate surface area is 125 Å². The summed E-state index contributed by atoms with van der Waals surface area (Å²) >= 11 is 3.31. The van der Waals surface area contributed by atoms with Gasteiger partial charge in [-0.2, -0.15) is 0 Å². The monoisotopic (exact) mass is 344 g/mol. The molecule has 1 atom stereocenters. The lowest BCUT2D eigenvalue weighted by atomic mass is 10.1. The molecule has 4 N–H and O–H groups in total. The summed E-state index contributed by atoms with van der Waals surface area (Å²) in [5, 5.41) is 23.4. The molecule has 0 spiro atoms. The van der Waals surface area contributed by atoms with E-state index in [1.54, 1.807) is 18.2 Å². The molecule has 0 fully saturated rings. The normalized spacial score (nSPS) is 11.7. The largest absolute Gasteiger partial charge is 0.481 e. The van der Waals surface area contributed by atoms with Gasteiger partial charge in [0.2, 0.25) is 0 Å². The molecule has 0 unspecified atom stereocenters. The summed E-state index contributed by atoms with van der Waals surface area (Å²) in [6.45, 7) is 0.367. The lowest BCUT2D eigenvalue weighted by Crippen LogP contribution is -2.38. The number of hydrogen-bond acceptors (Lipinski definition) is 3. The van der Waals surface area contributed by atoms with E-state index in [0.29, 0.717) is 12.0 Å². The van der Waals surface area contributed by atoms with Crippen molar-refractivity contribution in [3.63, 3.8) is 0 Å². The second-order valence-corrected chi connectivity index (χ2v) is 5.12. The van der Waals surface area contributed by atoms with Gasteiger partial charge < -0.3 is 20.8 Å². The second-order valence-electron chi connectivity index (χ2n) is 4.20. The molecule has 1 rings (SSSR count). The molecule has 0 radical (unpaired) electrons. The lowest BCUT2D eigenvalue weighted by Gasteiger charge is -2.13. The Bertz CT molecular complexity index is 467. The van der Waals surface area contributed by atoms with E-state index in [2.05, 4.69) is 26.6 Å². The molecule has 0 bridgehead atoms. The SMILES string of the molecule is O=C(O)CCCNC(=O)NC[C@H](O)c1cccc(Br)c1. The third kappa shape index (κ3) is 6.53. The summed E-state index contributed by atoms with van der Waals surface area (Å²) in [6, 6.07) is 6.76. The standard InChI is InChI=1S/C13H17BrN2O4/c14-10-4-1-3-9(7-10)11(17)8-16-13(20)15-6-2-5-12(18)19/h1,3-4,7,11,17H,2,5-6,8H2,(H,18,19)(H2,15,16,20)/t11-/m0/s1. The average Bonchev–Trinajstić information content (AvgIpc) is 2.40. The van der Waals surface area contributed by atoms with Gasteiger partial charge in [-0.05, 0) is 24.1 Å². The van der Waals surface area contributed by atoms with E-state index in [4.69, 9.17) is 5.11 Å². The summed E-state index contributed by atoms with van der Waals surface area (Å²) in [7, 11) is 0. The number of nitrogens with one attached hydrogen (secondary N) is 2. The van der Waals surface area contributed by atoms with E-state index in [-0.39, 0.29) is 19.5 Å². The van der Waals surface area contributed by atoms with E-state index in [0.717, 1.165) is 4.47 Å². The van der Waals surface area contributed by atoms with Crippen molar-refractivity contribution in [3.8, 4) is 0 Å². The second kappa shape index (κ2) is 8.55. The zero-order valence-electron chi connectivity index (χ0n) is 10.8. The van der Waals surface area contributed by atoms with Gasteiger partial charge in [-0.3, -0.25) is 4.79 Å². The third-order valence-corrected chi connectivity index (χ3v) is 3.04. The van der Waals surface area contributed by atoms with Crippen LogP contribution in [0.2, 0.25) is 0 Å². The highest BCUT2D eigenvalue weighted by Gasteiger charge is 2.09. The maximum absolute atomic E-state index is 11.4. The minimum Gasteiger partial charge on any atom is -0.481 e. The number of carbonyl (C=O) groups is 2. The quantitative estimate of drug-likeness (QED) is 0.565. The number of benzene rings is 1. The van der Waals surface area contributed by atoms with Gasteiger partial charge in [0.25, 0.3) is 0 Å². The number of aliphatic hydroxyl groups is 1. The predicted molar refractivity (Wildman–Crippen MR) is 77.4 cm³/mol. The van der Waals surface area contributed by atoms with Crippen molar-refractivity contribution in [2.24, 2.45) is 0 Å². The molecule has 2 amide bonds. The van der Waals surface area contributed by atoms with Gasteiger partial charge in [0, 0.05) is 24.0 Å². The Morgan fingerprint density at radius 2 is 2.05 bits per heavy atom. The van der Waals surface area contributed by atoms with Gasteiger partial charge in [-0.1, -0.05) is 28.1 Å². The van der Waals surface area contributed by atoms with Crippen molar-refractivity contribution in [3.05, 3.63) is 34.3 Å². The van der Waals surface area contributed by atoms with Crippen molar-refractivity contribution < 1.29 is 19.8 Å². The van der Waals surface area contributed by atoms with Gasteiger partial charge in [0.15, 0.2) is 0 Å². The van der Waals surface area contributed by atoms with Crippen molar-refractivity contribution >= 4 is 27.9 Å². The van der Waals surface area contributed by atoms with E-state index in [9.17, 15) is 14.7 Å². The van der Waals surface area contributed by atoms with Crippen LogP contribution in [0.5, 0.6) is 0 Å². The number of aliphatic carboxylic acids is 1. The van der Waals surface area contributed by atoms with Crippen LogP contribution in [0.1, 0.15) is 24.5 Å². The highest BCUT2D eigenvalue weighted by Crippen LogP contribution is 2.17. The topological polar surface area (TPSA) is 98.7 Å².